The molecule has 4 heteroatoms. The molecule has 0 N–H and O–H groups in total. The minimum Gasteiger partial charge on any atom is -0.481 e. The molecule has 0 aromatic heterocycles. The van der Waals surface area contributed by atoms with Gasteiger partial charge in [0, 0.05) is 13.1 Å². The third kappa shape index (κ3) is 3.90. The van der Waals surface area contributed by atoms with Gasteiger partial charge in [-0.05, 0) is 30.2 Å². The molecule has 1 heterocycles. The van der Waals surface area contributed by atoms with Crippen LogP contribution in [0.2, 0.25) is 0 Å². The summed E-state index contributed by atoms with van der Waals surface area (Å²) in [4.78, 5) is 14.1. The Balaban J connectivity index is 1.62. The summed E-state index contributed by atoms with van der Waals surface area (Å²) in [5, 5.41) is 0. The third-order valence-electron chi connectivity index (χ3n) is 3.94. The standard InChI is InChI=1S/C19H21NO3/c1-15(19(21)20-11-13-22-14-12-20)23-18-9-7-17(8-10-18)16-5-3-2-4-6-16/h2-10,15H,11-14H2,1H3/t15-/m1/s1. The molecular weight excluding hydrogens is 290 g/mol. The van der Waals surface area contributed by atoms with Crippen molar-refractivity contribution >= 4 is 5.91 Å². The molecular formula is C19H21NO3. The minimum atomic E-state index is -0.490. The average Bonchev–Trinajstić information content (AvgIpc) is 2.63. The molecule has 1 atom stereocenters. The summed E-state index contributed by atoms with van der Waals surface area (Å²) < 4.78 is 11.1. The highest BCUT2D eigenvalue weighted by Gasteiger charge is 2.23. The average molecular weight is 311 g/mol. The van der Waals surface area contributed by atoms with Gasteiger partial charge < -0.3 is 14.4 Å². The third-order valence-corrected chi connectivity index (χ3v) is 3.94. The van der Waals surface area contributed by atoms with E-state index >= 15 is 0 Å². The van der Waals surface area contributed by atoms with Gasteiger partial charge in [0.2, 0.25) is 0 Å². The number of carbonyl (C=O) groups excluding carboxylic acids is 1. The lowest BCUT2D eigenvalue weighted by Gasteiger charge is -2.29. The summed E-state index contributed by atoms with van der Waals surface area (Å²) in [6, 6.07) is 18.0. The lowest BCUT2D eigenvalue weighted by atomic mass is 10.1. The molecule has 4 nitrogen and oxygen atoms in total. The van der Waals surface area contributed by atoms with Crippen LogP contribution in [-0.2, 0) is 9.53 Å². The molecule has 1 saturated heterocycles. The van der Waals surface area contributed by atoms with Gasteiger partial charge in [0.15, 0.2) is 6.10 Å². The van der Waals surface area contributed by atoms with Gasteiger partial charge in [-0.2, -0.15) is 0 Å². The smallest absolute Gasteiger partial charge is 0.263 e. The first-order valence-corrected chi connectivity index (χ1v) is 7.93. The first-order chi connectivity index (χ1) is 11.2. The maximum absolute atomic E-state index is 12.3. The molecule has 0 bridgehead atoms. The molecule has 120 valence electrons. The highest BCUT2D eigenvalue weighted by atomic mass is 16.5. The predicted octanol–water partition coefficient (Wildman–Crippen LogP) is 2.98. The van der Waals surface area contributed by atoms with E-state index in [1.165, 1.54) is 0 Å². The molecule has 0 saturated carbocycles. The molecule has 2 aromatic rings. The van der Waals surface area contributed by atoms with Crippen LogP contribution in [0.1, 0.15) is 6.92 Å². The number of morpholine rings is 1. The van der Waals surface area contributed by atoms with Gasteiger partial charge in [-0.15, -0.1) is 0 Å². The summed E-state index contributed by atoms with van der Waals surface area (Å²) in [7, 11) is 0. The topological polar surface area (TPSA) is 38.8 Å². The monoisotopic (exact) mass is 311 g/mol. The second-order valence-corrected chi connectivity index (χ2v) is 5.59. The van der Waals surface area contributed by atoms with Crippen molar-refractivity contribution in [3.8, 4) is 16.9 Å². The van der Waals surface area contributed by atoms with Gasteiger partial charge in [-0.3, -0.25) is 4.79 Å². The van der Waals surface area contributed by atoms with Crippen LogP contribution in [0, 0.1) is 0 Å². The van der Waals surface area contributed by atoms with Crippen molar-refractivity contribution in [1.29, 1.82) is 0 Å². The van der Waals surface area contributed by atoms with E-state index in [1.807, 2.05) is 42.5 Å². The number of carbonyl (C=O) groups is 1. The SMILES string of the molecule is C[C@@H](Oc1ccc(-c2ccccc2)cc1)C(=O)N1CCOCC1. The van der Waals surface area contributed by atoms with Crippen molar-refractivity contribution in [2.75, 3.05) is 26.3 Å². The molecule has 23 heavy (non-hydrogen) atoms. The lowest BCUT2D eigenvalue weighted by Crippen LogP contribution is -2.46. The fourth-order valence-electron chi connectivity index (χ4n) is 2.65. The van der Waals surface area contributed by atoms with Gasteiger partial charge >= 0.3 is 0 Å². The quantitative estimate of drug-likeness (QED) is 0.871. The van der Waals surface area contributed by atoms with Gasteiger partial charge in [0.25, 0.3) is 5.91 Å². The number of ether oxygens (including phenoxy) is 2. The number of hydrogen-bond donors (Lipinski definition) is 0. The first-order valence-electron chi connectivity index (χ1n) is 7.93. The molecule has 1 amide bonds. The van der Waals surface area contributed by atoms with Crippen LogP contribution in [-0.4, -0.2) is 43.2 Å². The molecule has 3 rings (SSSR count). The second-order valence-electron chi connectivity index (χ2n) is 5.59. The highest BCUT2D eigenvalue weighted by Crippen LogP contribution is 2.22. The van der Waals surface area contributed by atoms with Crippen molar-refractivity contribution in [2.24, 2.45) is 0 Å². The zero-order valence-corrected chi connectivity index (χ0v) is 13.3. The Morgan fingerprint density at radius 1 is 1.00 bits per heavy atom. The summed E-state index contributed by atoms with van der Waals surface area (Å²) in [6.45, 7) is 4.27. The predicted molar refractivity (Wildman–Crippen MR) is 89.4 cm³/mol. The summed E-state index contributed by atoms with van der Waals surface area (Å²) in [5.41, 5.74) is 2.29. The van der Waals surface area contributed by atoms with E-state index in [-0.39, 0.29) is 5.91 Å². The van der Waals surface area contributed by atoms with Crippen LogP contribution < -0.4 is 4.74 Å². The van der Waals surface area contributed by atoms with Crippen LogP contribution in [0.4, 0.5) is 0 Å². The Hall–Kier alpha value is -2.33. The van der Waals surface area contributed by atoms with E-state index in [4.69, 9.17) is 9.47 Å². The molecule has 1 aliphatic heterocycles. The largest absolute Gasteiger partial charge is 0.481 e. The Kier molecular flexibility index (Phi) is 4.93. The highest BCUT2D eigenvalue weighted by molar-refractivity contribution is 5.81. The number of rotatable bonds is 4. The lowest BCUT2D eigenvalue weighted by molar-refractivity contribution is -0.142. The van der Waals surface area contributed by atoms with Gasteiger partial charge in [0.1, 0.15) is 5.75 Å². The van der Waals surface area contributed by atoms with Crippen molar-refractivity contribution in [2.45, 2.75) is 13.0 Å². The molecule has 0 spiro atoms. The second kappa shape index (κ2) is 7.29. The van der Waals surface area contributed by atoms with Crippen LogP contribution in [0.5, 0.6) is 5.75 Å². The normalized spacial score (nSPS) is 16.0. The number of nitrogens with zero attached hydrogens (tertiary/aromatic N) is 1. The van der Waals surface area contributed by atoms with Crippen LogP contribution >= 0.6 is 0 Å². The van der Waals surface area contributed by atoms with Crippen molar-refractivity contribution < 1.29 is 14.3 Å². The van der Waals surface area contributed by atoms with Crippen molar-refractivity contribution in [1.82, 2.24) is 4.90 Å². The summed E-state index contributed by atoms with van der Waals surface area (Å²) >= 11 is 0. The van der Waals surface area contributed by atoms with Crippen LogP contribution in [0.15, 0.2) is 54.6 Å². The fraction of sp³-hybridized carbons (Fsp3) is 0.316. The van der Waals surface area contributed by atoms with E-state index < -0.39 is 6.10 Å². The Morgan fingerprint density at radius 3 is 2.26 bits per heavy atom. The van der Waals surface area contributed by atoms with Gasteiger partial charge in [0.05, 0.1) is 13.2 Å². The first kappa shape index (κ1) is 15.6. The zero-order valence-electron chi connectivity index (χ0n) is 13.3. The summed E-state index contributed by atoms with van der Waals surface area (Å²) in [5.74, 6) is 0.722. The molecule has 0 aliphatic carbocycles. The minimum absolute atomic E-state index is 0.0143. The Morgan fingerprint density at radius 2 is 1.61 bits per heavy atom. The van der Waals surface area contributed by atoms with Crippen molar-refractivity contribution in [3.63, 3.8) is 0 Å². The maximum Gasteiger partial charge on any atom is 0.263 e. The molecule has 1 fully saturated rings. The number of hydrogen-bond acceptors (Lipinski definition) is 3. The van der Waals surface area contributed by atoms with E-state index in [0.717, 1.165) is 11.1 Å². The van der Waals surface area contributed by atoms with Crippen molar-refractivity contribution in [3.05, 3.63) is 54.6 Å². The van der Waals surface area contributed by atoms with E-state index in [2.05, 4.69) is 12.1 Å². The number of amides is 1. The van der Waals surface area contributed by atoms with Gasteiger partial charge in [-0.1, -0.05) is 42.5 Å². The zero-order chi connectivity index (χ0) is 16.1. The molecule has 1 aliphatic rings. The number of benzene rings is 2. The molecule has 2 aromatic carbocycles. The van der Waals surface area contributed by atoms with Gasteiger partial charge in [-0.25, -0.2) is 0 Å². The molecule has 0 unspecified atom stereocenters. The van der Waals surface area contributed by atoms with Crippen LogP contribution in [0.3, 0.4) is 0 Å². The Bertz CT molecular complexity index is 633. The summed E-state index contributed by atoms with van der Waals surface area (Å²) in [6.07, 6.45) is -0.490. The molecule has 0 radical (unpaired) electrons. The van der Waals surface area contributed by atoms with E-state index in [9.17, 15) is 4.79 Å². The van der Waals surface area contributed by atoms with E-state index in [1.54, 1.807) is 11.8 Å². The van der Waals surface area contributed by atoms with Crippen LogP contribution in [0.25, 0.3) is 11.1 Å². The Labute approximate surface area is 136 Å². The maximum atomic E-state index is 12.3. The fourth-order valence-corrected chi connectivity index (χ4v) is 2.65. The van der Waals surface area contributed by atoms with E-state index in [0.29, 0.717) is 32.1 Å².